The monoisotopic (exact) mass is 536 g/mol. The molecule has 1 aromatic carbocycles. The number of hydrogen-bond acceptors (Lipinski definition) is 8. The number of carbonyl (C=O) groups is 3. The summed E-state index contributed by atoms with van der Waals surface area (Å²) in [5.74, 6) is -1.71. The van der Waals surface area contributed by atoms with Crippen LogP contribution in [0.1, 0.15) is 26.8 Å². The summed E-state index contributed by atoms with van der Waals surface area (Å²) in [6.07, 6.45) is -2.83. The van der Waals surface area contributed by atoms with Crippen molar-refractivity contribution >= 4 is 68.1 Å². The average Bonchev–Trinajstić information content (AvgIpc) is 2.96. The highest BCUT2D eigenvalue weighted by Gasteiger charge is 2.47. The normalized spacial score (nSPS) is 23.4. The van der Waals surface area contributed by atoms with Gasteiger partial charge in [-0.15, -0.1) is 0 Å². The zero-order chi connectivity index (χ0) is 22.9. The summed E-state index contributed by atoms with van der Waals surface area (Å²) in [5, 5.41) is 0.648. The standard InChI is InChI=1S/C19H19BrCl2N2O7/c1-8(25)28-7-16-18(31-10(3)27)17(30-9(2)26)15(6-29-16)24-14-5-12(22)11(21)4-13(14)23-19(24)20/h4-5,15-18H,6-7H2,1-3H3. The quantitative estimate of drug-likeness (QED) is 0.421. The topological polar surface area (TPSA) is 106 Å². The Morgan fingerprint density at radius 3 is 2.32 bits per heavy atom. The van der Waals surface area contributed by atoms with Crippen LogP contribution >= 0.6 is 39.1 Å². The van der Waals surface area contributed by atoms with Crippen LogP contribution < -0.4 is 0 Å². The van der Waals surface area contributed by atoms with Crippen molar-refractivity contribution in [2.45, 2.75) is 45.1 Å². The van der Waals surface area contributed by atoms with Gasteiger partial charge in [-0.3, -0.25) is 14.4 Å². The molecule has 0 aliphatic carbocycles. The number of esters is 3. The fourth-order valence-corrected chi connectivity index (χ4v) is 4.42. The molecule has 2 heterocycles. The molecule has 1 saturated heterocycles. The molecule has 0 bridgehead atoms. The molecule has 2 aromatic rings. The number of ether oxygens (including phenoxy) is 4. The maximum Gasteiger partial charge on any atom is 0.303 e. The van der Waals surface area contributed by atoms with E-state index in [2.05, 4.69) is 20.9 Å². The van der Waals surface area contributed by atoms with E-state index in [0.717, 1.165) is 0 Å². The first-order chi connectivity index (χ1) is 14.6. The summed E-state index contributed by atoms with van der Waals surface area (Å²) in [7, 11) is 0. The van der Waals surface area contributed by atoms with Crippen LogP contribution in [0.2, 0.25) is 10.0 Å². The summed E-state index contributed by atoms with van der Waals surface area (Å²) in [5.41, 5.74) is 1.15. The molecule has 1 aromatic heterocycles. The third kappa shape index (κ3) is 5.31. The molecule has 0 amide bonds. The number of aromatic nitrogens is 2. The summed E-state index contributed by atoms with van der Waals surface area (Å²) < 4.78 is 24.1. The molecule has 0 radical (unpaired) electrons. The van der Waals surface area contributed by atoms with Crippen LogP contribution in [-0.4, -0.2) is 59.0 Å². The van der Waals surface area contributed by atoms with Gasteiger partial charge in [0.15, 0.2) is 16.9 Å². The zero-order valence-electron chi connectivity index (χ0n) is 16.8. The van der Waals surface area contributed by atoms with Gasteiger partial charge < -0.3 is 23.5 Å². The molecule has 0 spiro atoms. The SMILES string of the molecule is CC(=O)OCC1OCC(n2c(Br)nc3cc(Cl)c(Cl)cc32)C(OC(C)=O)C1OC(C)=O. The molecular weight excluding hydrogens is 519 g/mol. The molecule has 168 valence electrons. The molecule has 4 atom stereocenters. The van der Waals surface area contributed by atoms with Gasteiger partial charge >= 0.3 is 17.9 Å². The highest BCUT2D eigenvalue weighted by Crippen LogP contribution is 2.37. The predicted octanol–water partition coefficient (Wildman–Crippen LogP) is 3.47. The average molecular weight is 538 g/mol. The molecule has 4 unspecified atom stereocenters. The van der Waals surface area contributed by atoms with Crippen LogP contribution in [0.5, 0.6) is 0 Å². The van der Waals surface area contributed by atoms with E-state index in [0.29, 0.717) is 25.8 Å². The lowest BCUT2D eigenvalue weighted by Gasteiger charge is -2.41. The van der Waals surface area contributed by atoms with E-state index >= 15 is 0 Å². The second-order valence-electron chi connectivity index (χ2n) is 6.90. The number of rotatable bonds is 5. The van der Waals surface area contributed by atoms with Gasteiger partial charge in [-0.2, -0.15) is 0 Å². The van der Waals surface area contributed by atoms with Crippen LogP contribution in [0.15, 0.2) is 16.9 Å². The van der Waals surface area contributed by atoms with E-state index in [1.165, 1.54) is 20.8 Å². The first-order valence-electron chi connectivity index (χ1n) is 9.20. The second kappa shape index (κ2) is 9.72. The van der Waals surface area contributed by atoms with E-state index in [4.69, 9.17) is 42.1 Å². The molecule has 1 aliphatic rings. The molecule has 3 rings (SSSR count). The molecule has 12 heteroatoms. The minimum Gasteiger partial charge on any atom is -0.463 e. The minimum absolute atomic E-state index is 0.0476. The van der Waals surface area contributed by atoms with E-state index in [9.17, 15) is 14.4 Å². The second-order valence-corrected chi connectivity index (χ2v) is 8.42. The van der Waals surface area contributed by atoms with Crippen molar-refractivity contribution in [1.82, 2.24) is 9.55 Å². The zero-order valence-corrected chi connectivity index (χ0v) is 19.9. The van der Waals surface area contributed by atoms with Gasteiger partial charge in [-0.25, -0.2) is 4.98 Å². The van der Waals surface area contributed by atoms with Gasteiger partial charge in [0.25, 0.3) is 0 Å². The Hall–Kier alpha value is -1.88. The van der Waals surface area contributed by atoms with Crippen LogP contribution in [0, 0.1) is 0 Å². The van der Waals surface area contributed by atoms with Gasteiger partial charge in [0, 0.05) is 20.8 Å². The maximum atomic E-state index is 11.9. The number of benzene rings is 1. The molecule has 1 fully saturated rings. The Morgan fingerprint density at radius 1 is 1.10 bits per heavy atom. The highest BCUT2D eigenvalue weighted by atomic mass is 79.9. The van der Waals surface area contributed by atoms with Gasteiger partial charge in [-0.1, -0.05) is 23.2 Å². The summed E-state index contributed by atoms with van der Waals surface area (Å²) in [6, 6.07) is 2.60. The molecule has 31 heavy (non-hydrogen) atoms. The smallest absolute Gasteiger partial charge is 0.303 e. The number of hydrogen-bond donors (Lipinski definition) is 0. The maximum absolute atomic E-state index is 11.9. The Morgan fingerprint density at radius 2 is 1.71 bits per heavy atom. The van der Waals surface area contributed by atoms with Crippen LogP contribution in [0.3, 0.4) is 0 Å². The summed E-state index contributed by atoms with van der Waals surface area (Å²) in [4.78, 5) is 39.4. The van der Waals surface area contributed by atoms with Gasteiger partial charge in [0.1, 0.15) is 18.8 Å². The van der Waals surface area contributed by atoms with Crippen molar-refractivity contribution in [3.05, 3.63) is 26.9 Å². The fraction of sp³-hybridized carbons (Fsp3) is 0.474. The van der Waals surface area contributed by atoms with Crippen molar-refractivity contribution in [1.29, 1.82) is 0 Å². The molecule has 0 saturated carbocycles. The van der Waals surface area contributed by atoms with Crippen LogP contribution in [-0.2, 0) is 33.3 Å². The fourth-order valence-electron chi connectivity index (χ4n) is 3.45. The lowest BCUT2D eigenvalue weighted by molar-refractivity contribution is -0.211. The van der Waals surface area contributed by atoms with Gasteiger partial charge in [0.05, 0.1) is 27.7 Å². The Labute approximate surface area is 196 Å². The van der Waals surface area contributed by atoms with Crippen molar-refractivity contribution < 1.29 is 33.3 Å². The van der Waals surface area contributed by atoms with Crippen LogP contribution in [0.4, 0.5) is 0 Å². The van der Waals surface area contributed by atoms with E-state index in [1.54, 1.807) is 16.7 Å². The Bertz CT molecular complexity index is 1030. The first kappa shape index (κ1) is 23.8. The highest BCUT2D eigenvalue weighted by molar-refractivity contribution is 9.10. The summed E-state index contributed by atoms with van der Waals surface area (Å²) >= 11 is 15.7. The number of halogens is 3. The predicted molar refractivity (Wildman–Crippen MR) is 114 cm³/mol. The Kier molecular flexibility index (Phi) is 7.46. The molecular formula is C19H19BrCl2N2O7. The van der Waals surface area contributed by atoms with Gasteiger partial charge in [0.2, 0.25) is 0 Å². The third-order valence-corrected chi connectivity index (χ3v) is 5.91. The van der Waals surface area contributed by atoms with E-state index in [-0.39, 0.29) is 13.2 Å². The van der Waals surface area contributed by atoms with E-state index < -0.39 is 42.3 Å². The molecule has 0 N–H and O–H groups in total. The van der Waals surface area contributed by atoms with Crippen molar-refractivity contribution in [3.63, 3.8) is 0 Å². The third-order valence-electron chi connectivity index (χ3n) is 4.63. The number of carbonyl (C=O) groups excluding carboxylic acids is 3. The minimum atomic E-state index is -1.04. The first-order valence-corrected chi connectivity index (χ1v) is 10.7. The number of nitrogens with zero attached hydrogens (tertiary/aromatic N) is 2. The van der Waals surface area contributed by atoms with Crippen molar-refractivity contribution in [3.8, 4) is 0 Å². The van der Waals surface area contributed by atoms with Gasteiger partial charge in [-0.05, 0) is 28.1 Å². The van der Waals surface area contributed by atoms with E-state index in [1.807, 2.05) is 0 Å². The lowest BCUT2D eigenvalue weighted by atomic mass is 9.97. The van der Waals surface area contributed by atoms with Crippen LogP contribution in [0.25, 0.3) is 11.0 Å². The summed E-state index contributed by atoms with van der Waals surface area (Å²) in [6.45, 7) is 3.59. The van der Waals surface area contributed by atoms with Crippen molar-refractivity contribution in [2.24, 2.45) is 0 Å². The lowest BCUT2D eigenvalue weighted by Crippen LogP contribution is -2.55. The van der Waals surface area contributed by atoms with Crippen molar-refractivity contribution in [2.75, 3.05) is 13.2 Å². The largest absolute Gasteiger partial charge is 0.463 e. The molecule has 9 nitrogen and oxygen atoms in total. The molecule has 1 aliphatic heterocycles. The number of fused-ring (bicyclic) bond motifs is 1. The number of imidazole rings is 1. The Balaban J connectivity index is 2.07.